The minimum atomic E-state index is -0.407. The van der Waals surface area contributed by atoms with Crippen LogP contribution in [-0.2, 0) is 0 Å². The van der Waals surface area contributed by atoms with Gasteiger partial charge in [-0.1, -0.05) is 42.5 Å². The molecule has 2 aromatic carbocycles. The summed E-state index contributed by atoms with van der Waals surface area (Å²) in [5.74, 6) is 0. The molecule has 0 N–H and O–H groups in total. The predicted molar refractivity (Wildman–Crippen MR) is 66.8 cm³/mol. The molecule has 0 saturated heterocycles. The Morgan fingerprint density at radius 1 is 1.00 bits per heavy atom. The summed E-state index contributed by atoms with van der Waals surface area (Å²) in [6, 6.07) is 15.6. The zero-order chi connectivity index (χ0) is 11.5. The van der Waals surface area contributed by atoms with E-state index in [1.165, 1.54) is 0 Å². The Labute approximate surface area is 99.7 Å². The van der Waals surface area contributed by atoms with Gasteiger partial charge in [0.2, 0.25) is 0 Å². The van der Waals surface area contributed by atoms with Crippen molar-refractivity contribution in [3.63, 3.8) is 0 Å². The lowest BCUT2D eigenvalue weighted by Crippen LogP contribution is -1.95. The molecule has 2 rings (SSSR count). The summed E-state index contributed by atoms with van der Waals surface area (Å²) < 4.78 is 0. The molecule has 0 spiro atoms. The van der Waals surface area contributed by atoms with Gasteiger partial charge in [-0.3, -0.25) is 4.79 Å². The molecule has 0 aromatic heterocycles. The average Bonchev–Trinajstić information content (AvgIpc) is 2.30. The molecule has 16 heavy (non-hydrogen) atoms. The minimum Gasteiger partial charge on any atom is -0.276 e. The third-order valence-electron chi connectivity index (χ3n) is 2.63. The van der Waals surface area contributed by atoms with Gasteiger partial charge in [0.25, 0.3) is 5.24 Å². The summed E-state index contributed by atoms with van der Waals surface area (Å²) in [4.78, 5) is 11.2. The average molecular weight is 231 g/mol. The van der Waals surface area contributed by atoms with Crippen LogP contribution < -0.4 is 0 Å². The number of hydrogen-bond donors (Lipinski definition) is 0. The molecule has 0 fully saturated rings. The molecular weight excluding hydrogens is 220 g/mol. The van der Waals surface area contributed by atoms with Crippen molar-refractivity contribution in [1.82, 2.24) is 0 Å². The van der Waals surface area contributed by atoms with Crippen LogP contribution >= 0.6 is 11.6 Å². The first-order valence-electron chi connectivity index (χ1n) is 5.05. The quantitative estimate of drug-likeness (QED) is 0.712. The Balaban J connectivity index is 2.59. The molecule has 0 unspecified atom stereocenters. The van der Waals surface area contributed by atoms with Crippen molar-refractivity contribution in [2.75, 3.05) is 0 Å². The Morgan fingerprint density at radius 2 is 1.69 bits per heavy atom. The van der Waals surface area contributed by atoms with Crippen LogP contribution in [-0.4, -0.2) is 5.24 Å². The van der Waals surface area contributed by atoms with E-state index in [-0.39, 0.29) is 0 Å². The highest BCUT2D eigenvalue weighted by Gasteiger charge is 2.09. The van der Waals surface area contributed by atoms with Crippen LogP contribution in [0.4, 0.5) is 0 Å². The molecule has 0 aliphatic rings. The molecule has 1 nitrogen and oxygen atoms in total. The normalized spacial score (nSPS) is 10.1. The third-order valence-corrected chi connectivity index (χ3v) is 2.83. The second kappa shape index (κ2) is 4.50. The van der Waals surface area contributed by atoms with Crippen LogP contribution in [0.2, 0.25) is 0 Å². The Hall–Kier alpha value is -1.60. The van der Waals surface area contributed by atoms with Crippen molar-refractivity contribution in [2.45, 2.75) is 6.92 Å². The van der Waals surface area contributed by atoms with E-state index in [0.29, 0.717) is 5.56 Å². The maximum atomic E-state index is 11.2. The Bertz CT molecular complexity index is 518. The van der Waals surface area contributed by atoms with Gasteiger partial charge in [0.15, 0.2) is 0 Å². The predicted octanol–water partition coefficient (Wildman–Crippen LogP) is 4.04. The van der Waals surface area contributed by atoms with Crippen LogP contribution in [0.25, 0.3) is 11.1 Å². The second-order valence-electron chi connectivity index (χ2n) is 3.62. The smallest absolute Gasteiger partial charge is 0.252 e. The van der Waals surface area contributed by atoms with E-state index in [4.69, 9.17) is 11.6 Å². The van der Waals surface area contributed by atoms with Crippen molar-refractivity contribution in [3.8, 4) is 11.1 Å². The Morgan fingerprint density at radius 3 is 2.31 bits per heavy atom. The van der Waals surface area contributed by atoms with Crippen LogP contribution in [0.1, 0.15) is 15.9 Å². The lowest BCUT2D eigenvalue weighted by atomic mass is 9.97. The number of rotatable bonds is 2. The first kappa shape index (κ1) is 10.9. The number of hydrogen-bond acceptors (Lipinski definition) is 1. The zero-order valence-corrected chi connectivity index (χ0v) is 9.66. The fourth-order valence-electron chi connectivity index (χ4n) is 1.78. The molecule has 2 heteroatoms. The van der Waals surface area contributed by atoms with E-state index in [1.54, 1.807) is 6.07 Å². The van der Waals surface area contributed by atoms with Crippen molar-refractivity contribution < 1.29 is 4.79 Å². The maximum Gasteiger partial charge on any atom is 0.252 e. The highest BCUT2D eigenvalue weighted by molar-refractivity contribution is 6.68. The standard InChI is InChI=1S/C14H11ClO/c1-10-12(11-6-3-2-4-7-11)8-5-9-13(10)14(15)16/h2-9H,1H3. The number of benzene rings is 2. The lowest BCUT2D eigenvalue weighted by Gasteiger charge is -2.08. The second-order valence-corrected chi connectivity index (χ2v) is 3.96. The Kier molecular flexibility index (Phi) is 3.07. The fourth-order valence-corrected chi connectivity index (χ4v) is 1.98. The molecule has 0 radical (unpaired) electrons. The van der Waals surface area contributed by atoms with Gasteiger partial charge in [0, 0.05) is 5.56 Å². The molecule has 0 heterocycles. The van der Waals surface area contributed by atoms with Gasteiger partial charge in [0.1, 0.15) is 0 Å². The first-order valence-corrected chi connectivity index (χ1v) is 5.43. The van der Waals surface area contributed by atoms with Gasteiger partial charge in [0.05, 0.1) is 0 Å². The van der Waals surface area contributed by atoms with Gasteiger partial charge in [-0.15, -0.1) is 0 Å². The highest BCUT2D eigenvalue weighted by Crippen LogP contribution is 2.26. The largest absolute Gasteiger partial charge is 0.276 e. The molecule has 0 saturated carbocycles. The summed E-state index contributed by atoms with van der Waals surface area (Å²) in [6.45, 7) is 1.91. The maximum absolute atomic E-state index is 11.2. The summed E-state index contributed by atoms with van der Waals surface area (Å²) in [7, 11) is 0. The van der Waals surface area contributed by atoms with Gasteiger partial charge >= 0.3 is 0 Å². The monoisotopic (exact) mass is 230 g/mol. The lowest BCUT2D eigenvalue weighted by molar-refractivity contribution is 0.108. The number of carbonyl (C=O) groups excluding carboxylic acids is 1. The van der Waals surface area contributed by atoms with Crippen LogP contribution in [0.15, 0.2) is 48.5 Å². The molecule has 0 atom stereocenters. The summed E-state index contributed by atoms with van der Waals surface area (Å²) >= 11 is 5.53. The number of halogens is 1. The van der Waals surface area contributed by atoms with Crippen LogP contribution in [0, 0.1) is 6.92 Å². The number of carbonyl (C=O) groups is 1. The fraction of sp³-hybridized carbons (Fsp3) is 0.0714. The third kappa shape index (κ3) is 2.00. The van der Waals surface area contributed by atoms with Crippen LogP contribution in [0.3, 0.4) is 0 Å². The van der Waals surface area contributed by atoms with E-state index >= 15 is 0 Å². The zero-order valence-electron chi connectivity index (χ0n) is 8.91. The minimum absolute atomic E-state index is 0.407. The van der Waals surface area contributed by atoms with Gasteiger partial charge in [-0.25, -0.2) is 0 Å². The molecular formula is C14H11ClO. The van der Waals surface area contributed by atoms with Gasteiger partial charge in [-0.2, -0.15) is 0 Å². The van der Waals surface area contributed by atoms with Gasteiger partial charge < -0.3 is 0 Å². The van der Waals surface area contributed by atoms with Crippen LogP contribution in [0.5, 0.6) is 0 Å². The van der Waals surface area contributed by atoms with E-state index in [0.717, 1.165) is 16.7 Å². The van der Waals surface area contributed by atoms with E-state index in [9.17, 15) is 4.79 Å². The summed E-state index contributed by atoms with van der Waals surface area (Å²) in [5.41, 5.74) is 3.64. The van der Waals surface area contributed by atoms with E-state index < -0.39 is 5.24 Å². The van der Waals surface area contributed by atoms with Crippen molar-refractivity contribution in [2.24, 2.45) is 0 Å². The van der Waals surface area contributed by atoms with Gasteiger partial charge in [-0.05, 0) is 41.3 Å². The van der Waals surface area contributed by atoms with Crippen molar-refractivity contribution in [3.05, 3.63) is 59.7 Å². The summed E-state index contributed by atoms with van der Waals surface area (Å²) in [5, 5.41) is -0.407. The molecule has 0 bridgehead atoms. The van der Waals surface area contributed by atoms with E-state index in [2.05, 4.69) is 0 Å². The van der Waals surface area contributed by atoms with Crippen molar-refractivity contribution in [1.29, 1.82) is 0 Å². The molecule has 0 aliphatic carbocycles. The van der Waals surface area contributed by atoms with Crippen molar-refractivity contribution >= 4 is 16.8 Å². The molecule has 0 aliphatic heterocycles. The highest BCUT2D eigenvalue weighted by atomic mass is 35.5. The first-order chi connectivity index (χ1) is 7.70. The SMILES string of the molecule is Cc1c(C(=O)Cl)cccc1-c1ccccc1. The molecule has 2 aromatic rings. The van der Waals surface area contributed by atoms with E-state index in [1.807, 2.05) is 49.4 Å². The summed E-state index contributed by atoms with van der Waals surface area (Å²) in [6.07, 6.45) is 0. The topological polar surface area (TPSA) is 17.1 Å². The molecule has 0 amide bonds. The molecule has 80 valence electrons.